The van der Waals surface area contributed by atoms with Crippen molar-refractivity contribution in [3.8, 4) is 5.75 Å². The molecule has 0 radical (unpaired) electrons. The van der Waals surface area contributed by atoms with Crippen molar-refractivity contribution in [1.82, 2.24) is 0 Å². The Morgan fingerprint density at radius 2 is 2.00 bits per heavy atom. The smallest absolute Gasteiger partial charge is 0.309 e. The van der Waals surface area contributed by atoms with Crippen molar-refractivity contribution in [2.75, 3.05) is 7.11 Å². The average molecular weight is 329 g/mol. The van der Waals surface area contributed by atoms with Crippen LogP contribution in [0.25, 0.3) is 0 Å². The first-order valence-electron chi connectivity index (χ1n) is 6.28. The van der Waals surface area contributed by atoms with Gasteiger partial charge in [0.15, 0.2) is 0 Å². The van der Waals surface area contributed by atoms with Crippen LogP contribution in [-0.4, -0.2) is 18.2 Å². The molecule has 106 valence electrons. The second-order valence-corrected chi connectivity index (χ2v) is 6.57. The van der Waals surface area contributed by atoms with Gasteiger partial charge in [-0.15, -0.1) is 0 Å². The van der Waals surface area contributed by atoms with Gasteiger partial charge in [0.25, 0.3) is 0 Å². The minimum absolute atomic E-state index is 0.383. The minimum atomic E-state index is -0.817. The van der Waals surface area contributed by atoms with Crippen LogP contribution in [0.5, 0.6) is 5.75 Å². The molecule has 0 saturated carbocycles. The standard InChI is InChI=1S/C15H21BrO3/c1-9(2)10-6-11(8-15(3,4)14(17)18)13(19-5)12(16)7-10/h6-7,9H,8H2,1-5H3,(H,17,18). The summed E-state index contributed by atoms with van der Waals surface area (Å²) in [6.45, 7) is 7.68. The van der Waals surface area contributed by atoms with Gasteiger partial charge in [-0.05, 0) is 59.3 Å². The Morgan fingerprint density at radius 3 is 2.42 bits per heavy atom. The summed E-state index contributed by atoms with van der Waals surface area (Å²) in [7, 11) is 1.60. The highest BCUT2D eigenvalue weighted by atomic mass is 79.9. The van der Waals surface area contributed by atoms with Crippen LogP contribution in [0.3, 0.4) is 0 Å². The Morgan fingerprint density at radius 1 is 1.42 bits per heavy atom. The van der Waals surface area contributed by atoms with E-state index in [9.17, 15) is 9.90 Å². The maximum absolute atomic E-state index is 11.3. The van der Waals surface area contributed by atoms with Crippen molar-refractivity contribution in [3.05, 3.63) is 27.7 Å². The molecular weight excluding hydrogens is 308 g/mol. The molecule has 0 saturated heterocycles. The molecule has 3 nitrogen and oxygen atoms in total. The number of aliphatic carboxylic acids is 1. The quantitative estimate of drug-likeness (QED) is 0.879. The molecule has 0 atom stereocenters. The zero-order valence-electron chi connectivity index (χ0n) is 12.1. The van der Waals surface area contributed by atoms with Gasteiger partial charge in [-0.1, -0.05) is 19.9 Å². The summed E-state index contributed by atoms with van der Waals surface area (Å²) in [6, 6.07) is 4.07. The number of hydrogen-bond acceptors (Lipinski definition) is 2. The largest absolute Gasteiger partial charge is 0.495 e. The molecule has 0 fully saturated rings. The third kappa shape index (κ3) is 3.72. The maximum Gasteiger partial charge on any atom is 0.309 e. The molecule has 0 heterocycles. The highest BCUT2D eigenvalue weighted by molar-refractivity contribution is 9.10. The highest BCUT2D eigenvalue weighted by Gasteiger charge is 2.29. The van der Waals surface area contributed by atoms with Crippen LogP contribution >= 0.6 is 15.9 Å². The van der Waals surface area contributed by atoms with Crippen LogP contribution in [-0.2, 0) is 11.2 Å². The van der Waals surface area contributed by atoms with E-state index >= 15 is 0 Å². The number of carboxylic acid groups (broad SMARTS) is 1. The molecule has 0 unspecified atom stereocenters. The average Bonchev–Trinajstić information content (AvgIpc) is 2.27. The maximum atomic E-state index is 11.3. The highest BCUT2D eigenvalue weighted by Crippen LogP contribution is 2.36. The molecule has 0 amide bonds. The first-order chi connectivity index (χ1) is 8.69. The van der Waals surface area contributed by atoms with Crippen LogP contribution in [0.1, 0.15) is 44.7 Å². The summed E-state index contributed by atoms with van der Waals surface area (Å²) < 4.78 is 6.27. The lowest BCUT2D eigenvalue weighted by molar-refractivity contribution is -0.146. The predicted octanol–water partition coefficient (Wildman–Crippen LogP) is 4.23. The van der Waals surface area contributed by atoms with Crippen molar-refractivity contribution >= 4 is 21.9 Å². The van der Waals surface area contributed by atoms with Crippen molar-refractivity contribution in [3.63, 3.8) is 0 Å². The Labute approximate surface area is 123 Å². The molecule has 1 aromatic carbocycles. The number of halogens is 1. The van der Waals surface area contributed by atoms with Crippen molar-refractivity contribution in [2.24, 2.45) is 5.41 Å². The molecule has 0 aliphatic carbocycles. The zero-order valence-corrected chi connectivity index (χ0v) is 13.7. The minimum Gasteiger partial charge on any atom is -0.495 e. The number of ether oxygens (including phenoxy) is 1. The van der Waals surface area contributed by atoms with Crippen LogP contribution in [0.2, 0.25) is 0 Å². The number of carbonyl (C=O) groups is 1. The van der Waals surface area contributed by atoms with E-state index in [1.54, 1.807) is 21.0 Å². The molecule has 0 aliphatic rings. The van der Waals surface area contributed by atoms with Gasteiger partial charge in [0.1, 0.15) is 5.75 Å². The monoisotopic (exact) mass is 328 g/mol. The van der Waals surface area contributed by atoms with Crippen LogP contribution in [0, 0.1) is 5.41 Å². The molecular formula is C15H21BrO3. The fourth-order valence-corrected chi connectivity index (χ4v) is 2.60. The summed E-state index contributed by atoms with van der Waals surface area (Å²) in [4.78, 5) is 11.3. The summed E-state index contributed by atoms with van der Waals surface area (Å²) in [5.74, 6) is 0.299. The molecule has 0 bridgehead atoms. The zero-order chi connectivity index (χ0) is 14.8. The summed E-state index contributed by atoms with van der Waals surface area (Å²) in [5, 5.41) is 9.26. The van der Waals surface area contributed by atoms with E-state index in [1.807, 2.05) is 12.1 Å². The van der Waals surface area contributed by atoms with Crippen LogP contribution < -0.4 is 4.74 Å². The number of methoxy groups -OCH3 is 1. The predicted molar refractivity (Wildman–Crippen MR) is 79.9 cm³/mol. The van der Waals surface area contributed by atoms with E-state index in [0.717, 1.165) is 15.8 Å². The molecule has 1 N–H and O–H groups in total. The first kappa shape index (κ1) is 16.0. The number of benzene rings is 1. The second-order valence-electron chi connectivity index (χ2n) is 5.72. The van der Waals surface area contributed by atoms with Crippen molar-refractivity contribution in [2.45, 2.75) is 40.0 Å². The summed E-state index contributed by atoms with van der Waals surface area (Å²) in [6.07, 6.45) is 0.435. The number of carboxylic acids is 1. The lowest BCUT2D eigenvalue weighted by Gasteiger charge is -2.22. The Kier molecular flexibility index (Phi) is 5.02. The molecule has 4 heteroatoms. The SMILES string of the molecule is COc1c(Br)cc(C(C)C)cc1CC(C)(C)C(=O)O. The van der Waals surface area contributed by atoms with Gasteiger partial charge in [-0.25, -0.2) is 0 Å². The van der Waals surface area contributed by atoms with E-state index in [0.29, 0.717) is 12.3 Å². The normalized spacial score (nSPS) is 11.7. The van der Waals surface area contributed by atoms with Gasteiger partial charge >= 0.3 is 5.97 Å². The fourth-order valence-electron chi connectivity index (χ4n) is 1.92. The molecule has 1 aromatic rings. The van der Waals surface area contributed by atoms with Gasteiger partial charge in [0.05, 0.1) is 17.0 Å². The van der Waals surface area contributed by atoms with Gasteiger partial charge in [-0.2, -0.15) is 0 Å². The Balaban J connectivity index is 3.28. The second kappa shape index (κ2) is 5.95. The first-order valence-corrected chi connectivity index (χ1v) is 7.08. The lowest BCUT2D eigenvalue weighted by atomic mass is 9.84. The lowest BCUT2D eigenvalue weighted by Crippen LogP contribution is -2.26. The van der Waals surface area contributed by atoms with Crippen LogP contribution in [0.15, 0.2) is 16.6 Å². The third-order valence-corrected chi connectivity index (χ3v) is 3.81. The van der Waals surface area contributed by atoms with E-state index in [2.05, 4.69) is 29.8 Å². The van der Waals surface area contributed by atoms with Gasteiger partial charge in [-0.3, -0.25) is 4.79 Å². The topological polar surface area (TPSA) is 46.5 Å². The van der Waals surface area contributed by atoms with Gasteiger partial charge in [0.2, 0.25) is 0 Å². The molecule has 1 rings (SSSR count). The molecule has 19 heavy (non-hydrogen) atoms. The van der Waals surface area contributed by atoms with Crippen molar-refractivity contribution in [1.29, 1.82) is 0 Å². The summed E-state index contributed by atoms with van der Waals surface area (Å²) in [5.41, 5.74) is 1.28. The molecule has 0 spiro atoms. The van der Waals surface area contributed by atoms with Crippen molar-refractivity contribution < 1.29 is 14.6 Å². The number of rotatable bonds is 5. The van der Waals surface area contributed by atoms with E-state index in [-0.39, 0.29) is 0 Å². The van der Waals surface area contributed by atoms with E-state index in [1.165, 1.54) is 5.56 Å². The summed E-state index contributed by atoms with van der Waals surface area (Å²) >= 11 is 3.50. The molecule has 0 aliphatic heterocycles. The van der Waals surface area contributed by atoms with Crippen LogP contribution in [0.4, 0.5) is 0 Å². The van der Waals surface area contributed by atoms with E-state index in [4.69, 9.17) is 4.74 Å². The molecule has 0 aromatic heterocycles. The number of hydrogen-bond donors (Lipinski definition) is 1. The Bertz CT molecular complexity index is 479. The third-order valence-electron chi connectivity index (χ3n) is 3.22. The fraction of sp³-hybridized carbons (Fsp3) is 0.533. The van der Waals surface area contributed by atoms with Gasteiger partial charge in [0, 0.05) is 0 Å². The Hall–Kier alpha value is -1.03. The van der Waals surface area contributed by atoms with E-state index < -0.39 is 11.4 Å². The van der Waals surface area contributed by atoms with Gasteiger partial charge < -0.3 is 9.84 Å².